The Balaban J connectivity index is 2.26. The molecule has 5 nitrogen and oxygen atoms in total. The van der Waals surface area contributed by atoms with Gasteiger partial charge in [0.2, 0.25) is 5.95 Å². The zero-order valence-corrected chi connectivity index (χ0v) is 8.32. The van der Waals surface area contributed by atoms with Gasteiger partial charge in [-0.1, -0.05) is 6.07 Å². The number of rotatable bonds is 2. The van der Waals surface area contributed by atoms with Crippen molar-refractivity contribution in [1.82, 2.24) is 4.98 Å². The molecule has 6 heteroatoms. The van der Waals surface area contributed by atoms with Crippen LogP contribution in [0.1, 0.15) is 11.7 Å². The molecule has 3 N–H and O–H groups in total. The van der Waals surface area contributed by atoms with Gasteiger partial charge in [0.15, 0.2) is 0 Å². The van der Waals surface area contributed by atoms with Gasteiger partial charge in [0.25, 0.3) is 0 Å². The summed E-state index contributed by atoms with van der Waals surface area (Å²) >= 11 is 0. The molecule has 0 amide bonds. The lowest BCUT2D eigenvalue weighted by Gasteiger charge is -2.14. The fourth-order valence-corrected chi connectivity index (χ4v) is 1.77. The van der Waals surface area contributed by atoms with Crippen LogP contribution in [0, 0.1) is 5.95 Å². The van der Waals surface area contributed by atoms with Crippen molar-refractivity contribution in [3.63, 3.8) is 0 Å². The molecule has 1 aromatic heterocycles. The second kappa shape index (κ2) is 4.42. The van der Waals surface area contributed by atoms with Crippen LogP contribution in [-0.4, -0.2) is 45.2 Å². The van der Waals surface area contributed by atoms with Crippen LogP contribution in [0.5, 0.6) is 0 Å². The molecule has 1 saturated heterocycles. The van der Waals surface area contributed by atoms with Crippen LogP contribution in [0.2, 0.25) is 0 Å². The smallest absolute Gasteiger partial charge is 0.218 e. The monoisotopic (exact) mass is 229 g/mol. The molecule has 88 valence electrons. The van der Waals surface area contributed by atoms with Gasteiger partial charge < -0.3 is 20.1 Å². The quantitative estimate of drug-likeness (QED) is 0.588. The van der Waals surface area contributed by atoms with Crippen molar-refractivity contribution in [2.45, 2.75) is 24.4 Å². The van der Waals surface area contributed by atoms with Gasteiger partial charge in [0, 0.05) is 11.8 Å². The predicted octanol–water partition coefficient (Wildman–Crippen LogP) is -0.625. The number of pyridine rings is 1. The van der Waals surface area contributed by atoms with Gasteiger partial charge in [-0.2, -0.15) is 4.39 Å². The molecule has 0 spiro atoms. The Kier molecular flexibility index (Phi) is 3.15. The summed E-state index contributed by atoms with van der Waals surface area (Å²) in [6, 6.07) is 2.93. The van der Waals surface area contributed by atoms with Crippen molar-refractivity contribution >= 4 is 0 Å². The van der Waals surface area contributed by atoms with E-state index in [2.05, 4.69) is 4.98 Å². The molecule has 0 aliphatic carbocycles. The standard InChI is InChI=1S/C10H12FNO4/c11-10-5(2-1-3-12-10)9-8(15)7(14)6(4-13)16-9/h1-3,6-9,13-15H,4H2/t6-,7-,8-,9-/m1/s1. The van der Waals surface area contributed by atoms with Crippen molar-refractivity contribution in [3.05, 3.63) is 29.8 Å². The maximum atomic E-state index is 13.3. The number of halogens is 1. The molecule has 0 aromatic carbocycles. The van der Waals surface area contributed by atoms with E-state index in [-0.39, 0.29) is 5.56 Å². The Morgan fingerprint density at radius 3 is 2.69 bits per heavy atom. The Morgan fingerprint density at radius 2 is 2.12 bits per heavy atom. The van der Waals surface area contributed by atoms with Crippen molar-refractivity contribution in [3.8, 4) is 0 Å². The van der Waals surface area contributed by atoms with E-state index in [1.807, 2.05) is 0 Å². The van der Waals surface area contributed by atoms with Gasteiger partial charge in [0.1, 0.15) is 24.4 Å². The maximum Gasteiger partial charge on any atom is 0.218 e. The highest BCUT2D eigenvalue weighted by Gasteiger charge is 2.44. The molecule has 1 aromatic rings. The minimum atomic E-state index is -1.27. The van der Waals surface area contributed by atoms with Crippen molar-refractivity contribution in [2.75, 3.05) is 6.61 Å². The third-order valence-corrected chi connectivity index (χ3v) is 2.64. The van der Waals surface area contributed by atoms with Crippen LogP contribution in [0.25, 0.3) is 0 Å². The highest BCUT2D eigenvalue weighted by molar-refractivity contribution is 5.18. The first-order valence-electron chi connectivity index (χ1n) is 4.88. The topological polar surface area (TPSA) is 82.8 Å². The molecule has 1 aliphatic rings. The Bertz CT molecular complexity index is 376. The molecule has 0 bridgehead atoms. The predicted molar refractivity (Wildman–Crippen MR) is 50.9 cm³/mol. The van der Waals surface area contributed by atoms with E-state index in [1.54, 1.807) is 0 Å². The first-order valence-corrected chi connectivity index (χ1v) is 4.88. The highest BCUT2D eigenvalue weighted by Crippen LogP contribution is 2.33. The van der Waals surface area contributed by atoms with Gasteiger partial charge in [-0.25, -0.2) is 4.98 Å². The van der Waals surface area contributed by atoms with E-state index >= 15 is 0 Å². The Hall–Kier alpha value is -1.08. The molecule has 16 heavy (non-hydrogen) atoms. The summed E-state index contributed by atoms with van der Waals surface area (Å²) in [6.45, 7) is -0.434. The molecular weight excluding hydrogens is 217 g/mol. The lowest BCUT2D eigenvalue weighted by molar-refractivity contribution is -0.0238. The summed E-state index contributed by atoms with van der Waals surface area (Å²) < 4.78 is 18.5. The second-order valence-corrected chi connectivity index (χ2v) is 3.64. The third kappa shape index (κ3) is 1.80. The van der Waals surface area contributed by atoms with Gasteiger partial charge in [-0.3, -0.25) is 0 Å². The summed E-state index contributed by atoms with van der Waals surface area (Å²) in [6.07, 6.45) is -3.12. The third-order valence-electron chi connectivity index (χ3n) is 2.64. The normalized spacial score (nSPS) is 34.2. The molecule has 1 aliphatic heterocycles. The first kappa shape index (κ1) is 11.4. The Morgan fingerprint density at radius 1 is 1.38 bits per heavy atom. The largest absolute Gasteiger partial charge is 0.394 e. The summed E-state index contributed by atoms with van der Waals surface area (Å²) in [7, 11) is 0. The SMILES string of the molecule is OC[C@H]1O[C@H](c2cccnc2F)[C@H](O)[C@@H]1O. The van der Waals surface area contributed by atoms with Crippen LogP contribution in [-0.2, 0) is 4.74 Å². The molecule has 0 unspecified atom stereocenters. The number of aliphatic hydroxyl groups is 3. The number of hydrogen-bond acceptors (Lipinski definition) is 5. The van der Waals surface area contributed by atoms with Gasteiger partial charge in [-0.05, 0) is 6.07 Å². The van der Waals surface area contributed by atoms with E-state index in [9.17, 15) is 14.6 Å². The van der Waals surface area contributed by atoms with Crippen molar-refractivity contribution in [2.24, 2.45) is 0 Å². The Labute approximate surface area is 91.1 Å². The van der Waals surface area contributed by atoms with Crippen LogP contribution in [0.3, 0.4) is 0 Å². The highest BCUT2D eigenvalue weighted by atomic mass is 19.1. The maximum absolute atomic E-state index is 13.3. The first-order chi connectivity index (χ1) is 7.65. The van der Waals surface area contributed by atoms with Gasteiger partial charge >= 0.3 is 0 Å². The lowest BCUT2D eigenvalue weighted by atomic mass is 10.0. The molecule has 0 saturated carbocycles. The molecule has 2 heterocycles. The molecular formula is C10H12FNO4. The average Bonchev–Trinajstić information content (AvgIpc) is 2.57. The number of nitrogens with zero attached hydrogens (tertiary/aromatic N) is 1. The summed E-state index contributed by atoms with van der Waals surface area (Å²) in [4.78, 5) is 3.43. The van der Waals surface area contributed by atoms with Crippen molar-refractivity contribution in [1.29, 1.82) is 0 Å². The lowest BCUT2D eigenvalue weighted by Crippen LogP contribution is -2.32. The zero-order valence-electron chi connectivity index (χ0n) is 8.32. The summed E-state index contributed by atoms with van der Waals surface area (Å²) in [5.74, 6) is -0.752. The van der Waals surface area contributed by atoms with E-state index in [0.29, 0.717) is 0 Å². The molecule has 1 fully saturated rings. The van der Waals surface area contributed by atoms with E-state index in [4.69, 9.17) is 9.84 Å². The van der Waals surface area contributed by atoms with Crippen molar-refractivity contribution < 1.29 is 24.4 Å². The van der Waals surface area contributed by atoms with Gasteiger partial charge in [0.05, 0.1) is 6.61 Å². The fraction of sp³-hybridized carbons (Fsp3) is 0.500. The molecule has 0 radical (unpaired) electrons. The van der Waals surface area contributed by atoms with Crippen LogP contribution < -0.4 is 0 Å². The number of hydrogen-bond donors (Lipinski definition) is 3. The van der Waals surface area contributed by atoms with Crippen LogP contribution in [0.15, 0.2) is 18.3 Å². The fourth-order valence-electron chi connectivity index (χ4n) is 1.77. The van der Waals surface area contributed by atoms with E-state index in [1.165, 1.54) is 18.3 Å². The minimum Gasteiger partial charge on any atom is -0.394 e. The molecule has 2 rings (SSSR count). The van der Waals surface area contributed by atoms with E-state index < -0.39 is 37.0 Å². The minimum absolute atomic E-state index is 0.0741. The average molecular weight is 229 g/mol. The van der Waals surface area contributed by atoms with Crippen LogP contribution >= 0.6 is 0 Å². The molecule has 4 atom stereocenters. The van der Waals surface area contributed by atoms with E-state index in [0.717, 1.165) is 0 Å². The second-order valence-electron chi connectivity index (χ2n) is 3.64. The number of aliphatic hydroxyl groups excluding tert-OH is 3. The number of aromatic nitrogens is 1. The zero-order chi connectivity index (χ0) is 11.7. The van der Waals surface area contributed by atoms with Crippen LogP contribution in [0.4, 0.5) is 4.39 Å². The van der Waals surface area contributed by atoms with Gasteiger partial charge in [-0.15, -0.1) is 0 Å². The summed E-state index contributed by atoms with van der Waals surface area (Å²) in [5, 5.41) is 28.0. The number of ether oxygens (including phenoxy) is 1. The summed E-state index contributed by atoms with van der Waals surface area (Å²) in [5.41, 5.74) is 0.0741.